The first-order chi connectivity index (χ1) is 10.5. The molecule has 0 heterocycles. The molecule has 2 N–H and O–H groups in total. The average Bonchev–Trinajstić information content (AvgIpc) is 2.52. The van der Waals surface area contributed by atoms with Crippen molar-refractivity contribution in [3.05, 3.63) is 42.0 Å². The first-order valence-electron chi connectivity index (χ1n) is 7.09. The van der Waals surface area contributed by atoms with Crippen LogP contribution >= 0.6 is 11.8 Å². The van der Waals surface area contributed by atoms with Gasteiger partial charge in [0.05, 0.1) is 13.2 Å². The molecule has 22 heavy (non-hydrogen) atoms. The van der Waals surface area contributed by atoms with E-state index in [0.717, 1.165) is 22.5 Å². The van der Waals surface area contributed by atoms with Crippen molar-refractivity contribution in [3.63, 3.8) is 0 Å². The lowest BCUT2D eigenvalue weighted by Crippen LogP contribution is -2.20. The zero-order valence-corrected chi connectivity index (χ0v) is 13.5. The van der Waals surface area contributed by atoms with Crippen LogP contribution < -0.4 is 4.74 Å². The molecule has 2 unspecified atom stereocenters. The summed E-state index contributed by atoms with van der Waals surface area (Å²) in [6.07, 6.45) is -1.68. The third-order valence-electron chi connectivity index (χ3n) is 3.53. The standard InChI is InChI=1S/C17H20O4S/c1-11(18)22-10-9-14(19)17(20)16-13-6-4-3-5-12(13)7-8-15(16)21-2/h3-8,14,17,19-20H,9-10H2,1-2H3. The Hall–Kier alpha value is -1.56. The van der Waals surface area contributed by atoms with Crippen LogP contribution in [0.1, 0.15) is 25.0 Å². The number of rotatable bonds is 6. The summed E-state index contributed by atoms with van der Waals surface area (Å²) >= 11 is 1.14. The summed E-state index contributed by atoms with van der Waals surface area (Å²) in [5, 5.41) is 22.6. The van der Waals surface area contributed by atoms with Gasteiger partial charge in [0, 0.05) is 18.2 Å². The van der Waals surface area contributed by atoms with Gasteiger partial charge >= 0.3 is 0 Å². The molecular formula is C17H20O4S. The molecule has 2 atom stereocenters. The van der Waals surface area contributed by atoms with Gasteiger partial charge < -0.3 is 14.9 Å². The number of fused-ring (bicyclic) bond motifs is 1. The van der Waals surface area contributed by atoms with Crippen molar-refractivity contribution in [2.24, 2.45) is 0 Å². The Morgan fingerprint density at radius 2 is 1.95 bits per heavy atom. The molecule has 0 aliphatic heterocycles. The van der Waals surface area contributed by atoms with Crippen LogP contribution in [0.2, 0.25) is 0 Å². The summed E-state index contributed by atoms with van der Waals surface area (Å²) in [6, 6.07) is 11.4. The number of aliphatic hydroxyl groups excluding tert-OH is 2. The minimum atomic E-state index is -1.06. The topological polar surface area (TPSA) is 66.8 Å². The molecule has 2 rings (SSSR count). The highest BCUT2D eigenvalue weighted by atomic mass is 32.2. The molecule has 0 amide bonds. The van der Waals surface area contributed by atoms with Gasteiger partial charge in [-0.05, 0) is 23.3 Å². The van der Waals surface area contributed by atoms with Gasteiger partial charge in [-0.3, -0.25) is 4.79 Å². The molecule has 2 aromatic carbocycles. The molecule has 0 spiro atoms. The van der Waals surface area contributed by atoms with E-state index in [1.54, 1.807) is 6.07 Å². The lowest BCUT2D eigenvalue weighted by atomic mass is 9.95. The minimum Gasteiger partial charge on any atom is -0.496 e. The Labute approximate surface area is 134 Å². The lowest BCUT2D eigenvalue weighted by molar-refractivity contribution is -0.109. The second kappa shape index (κ2) is 7.63. The number of ether oxygens (including phenoxy) is 1. The van der Waals surface area contributed by atoms with Crippen LogP contribution in [0, 0.1) is 0 Å². The van der Waals surface area contributed by atoms with E-state index in [1.807, 2.05) is 30.3 Å². The fraction of sp³-hybridized carbons (Fsp3) is 0.353. The smallest absolute Gasteiger partial charge is 0.185 e. The first kappa shape index (κ1) is 16.8. The molecule has 0 saturated carbocycles. The predicted molar refractivity (Wildman–Crippen MR) is 89.2 cm³/mol. The maximum absolute atomic E-state index is 10.9. The minimum absolute atomic E-state index is 0.00410. The van der Waals surface area contributed by atoms with Gasteiger partial charge in [-0.1, -0.05) is 42.1 Å². The van der Waals surface area contributed by atoms with E-state index >= 15 is 0 Å². The molecule has 0 aromatic heterocycles. The summed E-state index contributed by atoms with van der Waals surface area (Å²) in [4.78, 5) is 10.9. The fourth-order valence-corrected chi connectivity index (χ4v) is 3.08. The largest absolute Gasteiger partial charge is 0.496 e. The lowest BCUT2D eigenvalue weighted by Gasteiger charge is -2.22. The van der Waals surface area contributed by atoms with Crippen LogP contribution in [0.15, 0.2) is 36.4 Å². The highest BCUT2D eigenvalue weighted by molar-refractivity contribution is 8.13. The van der Waals surface area contributed by atoms with Crippen LogP contribution in [0.4, 0.5) is 0 Å². The van der Waals surface area contributed by atoms with E-state index in [9.17, 15) is 15.0 Å². The van der Waals surface area contributed by atoms with Crippen LogP contribution in [0.25, 0.3) is 10.8 Å². The predicted octanol–water partition coefficient (Wildman–Crippen LogP) is 2.91. The Kier molecular flexibility index (Phi) is 5.83. The Balaban J connectivity index is 2.29. The van der Waals surface area contributed by atoms with Gasteiger partial charge in [-0.15, -0.1) is 0 Å². The van der Waals surface area contributed by atoms with Crippen LogP contribution in [0.5, 0.6) is 5.75 Å². The summed E-state index contributed by atoms with van der Waals surface area (Å²) in [7, 11) is 1.54. The number of carbonyl (C=O) groups excluding carboxylic acids is 1. The molecule has 5 heteroatoms. The maximum atomic E-state index is 10.9. The average molecular weight is 320 g/mol. The number of aliphatic hydroxyl groups is 2. The monoisotopic (exact) mass is 320 g/mol. The number of benzene rings is 2. The number of hydrogen-bond donors (Lipinski definition) is 2. The van der Waals surface area contributed by atoms with E-state index in [4.69, 9.17) is 4.74 Å². The Morgan fingerprint density at radius 3 is 2.64 bits per heavy atom. The van der Waals surface area contributed by atoms with Crippen molar-refractivity contribution in [3.8, 4) is 5.75 Å². The van der Waals surface area contributed by atoms with Gasteiger partial charge in [0.25, 0.3) is 0 Å². The third-order valence-corrected chi connectivity index (χ3v) is 4.38. The SMILES string of the molecule is COc1ccc2ccccc2c1C(O)C(O)CCSC(C)=O. The van der Waals surface area contributed by atoms with E-state index in [0.29, 0.717) is 23.5 Å². The number of thioether (sulfide) groups is 1. The molecule has 0 saturated heterocycles. The second-order valence-electron chi connectivity index (χ2n) is 5.04. The van der Waals surface area contributed by atoms with Gasteiger partial charge in [0.15, 0.2) is 5.12 Å². The number of methoxy groups -OCH3 is 1. The number of hydrogen-bond acceptors (Lipinski definition) is 5. The molecule has 0 fully saturated rings. The molecular weight excluding hydrogens is 300 g/mol. The molecule has 0 aliphatic rings. The molecule has 4 nitrogen and oxygen atoms in total. The molecule has 0 bridgehead atoms. The number of carbonyl (C=O) groups is 1. The molecule has 118 valence electrons. The van der Waals surface area contributed by atoms with Gasteiger partial charge in [0.1, 0.15) is 11.9 Å². The summed E-state index contributed by atoms with van der Waals surface area (Å²) in [5.41, 5.74) is 0.584. The summed E-state index contributed by atoms with van der Waals surface area (Å²) in [5.74, 6) is 1.02. The van der Waals surface area contributed by atoms with Crippen molar-refractivity contribution in [1.82, 2.24) is 0 Å². The van der Waals surface area contributed by atoms with Crippen LogP contribution in [-0.2, 0) is 4.79 Å². The highest BCUT2D eigenvalue weighted by Crippen LogP contribution is 2.35. The van der Waals surface area contributed by atoms with Crippen LogP contribution in [-0.4, -0.2) is 34.3 Å². The van der Waals surface area contributed by atoms with Gasteiger partial charge in [-0.2, -0.15) is 0 Å². The zero-order valence-electron chi connectivity index (χ0n) is 12.7. The quantitative estimate of drug-likeness (QED) is 0.856. The summed E-state index contributed by atoms with van der Waals surface area (Å²) in [6.45, 7) is 1.49. The molecule has 0 aliphatic carbocycles. The molecule has 0 radical (unpaired) electrons. The Bertz CT molecular complexity index is 656. The van der Waals surface area contributed by atoms with Crippen molar-refractivity contribution < 1.29 is 19.7 Å². The van der Waals surface area contributed by atoms with Crippen molar-refractivity contribution >= 4 is 27.6 Å². The molecule has 2 aromatic rings. The summed E-state index contributed by atoms with van der Waals surface area (Å²) < 4.78 is 5.34. The van der Waals surface area contributed by atoms with E-state index in [-0.39, 0.29) is 5.12 Å². The third kappa shape index (κ3) is 3.80. The maximum Gasteiger partial charge on any atom is 0.185 e. The fourth-order valence-electron chi connectivity index (χ4n) is 2.43. The van der Waals surface area contributed by atoms with E-state index < -0.39 is 12.2 Å². The first-order valence-corrected chi connectivity index (χ1v) is 8.08. The second-order valence-corrected chi connectivity index (χ2v) is 6.32. The van der Waals surface area contributed by atoms with Crippen LogP contribution in [0.3, 0.4) is 0 Å². The van der Waals surface area contributed by atoms with Gasteiger partial charge in [-0.25, -0.2) is 0 Å². The van der Waals surface area contributed by atoms with Crippen molar-refractivity contribution in [1.29, 1.82) is 0 Å². The normalized spacial score (nSPS) is 13.8. The Morgan fingerprint density at radius 1 is 1.23 bits per heavy atom. The zero-order chi connectivity index (χ0) is 16.1. The van der Waals surface area contributed by atoms with E-state index in [2.05, 4.69) is 0 Å². The van der Waals surface area contributed by atoms with Crippen molar-refractivity contribution in [2.75, 3.05) is 12.9 Å². The van der Waals surface area contributed by atoms with Crippen molar-refractivity contribution in [2.45, 2.75) is 25.6 Å². The highest BCUT2D eigenvalue weighted by Gasteiger charge is 2.24. The van der Waals surface area contributed by atoms with Gasteiger partial charge in [0.2, 0.25) is 0 Å². The van der Waals surface area contributed by atoms with E-state index in [1.165, 1.54) is 14.0 Å².